The van der Waals surface area contributed by atoms with E-state index in [0.717, 1.165) is 44.0 Å². The van der Waals surface area contributed by atoms with Crippen LogP contribution >= 0.6 is 0 Å². The van der Waals surface area contributed by atoms with E-state index >= 15 is 0 Å². The topological polar surface area (TPSA) is 67.4 Å². The quantitative estimate of drug-likeness (QED) is 0.732. The Morgan fingerprint density at radius 1 is 0.967 bits per heavy atom. The number of benzene rings is 2. The maximum atomic E-state index is 11.4. The smallest absolute Gasteiger partial charge is 0.248 e. The highest BCUT2D eigenvalue weighted by atomic mass is 16.1. The first-order valence-electron chi connectivity index (χ1n) is 10.3. The molecule has 6 nitrogen and oxygen atoms in total. The number of primary amides is 1. The van der Waals surface area contributed by atoms with Gasteiger partial charge in [0.05, 0.1) is 17.9 Å². The maximum Gasteiger partial charge on any atom is 0.248 e. The standard InChI is InChI=1S/C24H25N5O/c1-17-14-20-15-21(16-29(20)26-17)27-10-12-28(13-11-27)23-5-3-2-4-22(23)18-6-8-19(9-7-18)24(25)30/h2-9,14-15H,10-13,16H2,1H3,(H2,25,30). The summed E-state index contributed by atoms with van der Waals surface area (Å²) in [6, 6.07) is 18.1. The molecular weight excluding hydrogens is 374 g/mol. The molecule has 0 bridgehead atoms. The van der Waals surface area contributed by atoms with Crippen molar-refractivity contribution in [2.75, 3.05) is 31.1 Å². The fourth-order valence-corrected chi connectivity index (χ4v) is 4.41. The first-order chi connectivity index (χ1) is 14.6. The molecule has 2 aliphatic heterocycles. The van der Waals surface area contributed by atoms with E-state index in [1.807, 2.05) is 19.1 Å². The number of piperazine rings is 1. The first kappa shape index (κ1) is 18.5. The Bertz CT molecular complexity index is 1120. The number of para-hydroxylation sites is 1. The summed E-state index contributed by atoms with van der Waals surface area (Å²) in [7, 11) is 0. The van der Waals surface area contributed by atoms with Crippen molar-refractivity contribution in [2.24, 2.45) is 5.73 Å². The molecule has 2 aromatic carbocycles. The van der Waals surface area contributed by atoms with Crippen LogP contribution in [0.1, 0.15) is 21.7 Å². The van der Waals surface area contributed by atoms with Crippen molar-refractivity contribution in [1.82, 2.24) is 14.7 Å². The predicted molar refractivity (Wildman–Crippen MR) is 119 cm³/mol. The number of aryl methyl sites for hydroxylation is 1. The summed E-state index contributed by atoms with van der Waals surface area (Å²) >= 11 is 0. The highest BCUT2D eigenvalue weighted by molar-refractivity contribution is 5.93. The highest BCUT2D eigenvalue weighted by Gasteiger charge is 2.24. The van der Waals surface area contributed by atoms with Gasteiger partial charge in [-0.15, -0.1) is 0 Å². The zero-order valence-electron chi connectivity index (χ0n) is 17.1. The molecule has 152 valence electrons. The minimum Gasteiger partial charge on any atom is -0.370 e. The van der Waals surface area contributed by atoms with Gasteiger partial charge in [0.2, 0.25) is 5.91 Å². The van der Waals surface area contributed by atoms with Crippen LogP contribution in [0.3, 0.4) is 0 Å². The van der Waals surface area contributed by atoms with Crippen molar-refractivity contribution < 1.29 is 4.79 Å². The lowest BCUT2D eigenvalue weighted by atomic mass is 10.0. The molecule has 0 radical (unpaired) electrons. The van der Waals surface area contributed by atoms with Gasteiger partial charge in [0, 0.05) is 48.7 Å². The monoisotopic (exact) mass is 399 g/mol. The minimum atomic E-state index is -0.399. The van der Waals surface area contributed by atoms with Crippen LogP contribution in [-0.4, -0.2) is 46.8 Å². The van der Waals surface area contributed by atoms with E-state index in [1.54, 1.807) is 12.1 Å². The van der Waals surface area contributed by atoms with Gasteiger partial charge in [-0.25, -0.2) is 0 Å². The second kappa shape index (κ2) is 7.37. The van der Waals surface area contributed by atoms with Gasteiger partial charge in [-0.1, -0.05) is 30.3 Å². The maximum absolute atomic E-state index is 11.4. The van der Waals surface area contributed by atoms with E-state index in [2.05, 4.69) is 56.0 Å². The van der Waals surface area contributed by atoms with E-state index < -0.39 is 5.91 Å². The number of nitrogens with zero attached hydrogens (tertiary/aromatic N) is 4. The molecule has 3 aromatic rings. The number of carbonyl (C=O) groups is 1. The Morgan fingerprint density at radius 2 is 1.67 bits per heavy atom. The van der Waals surface area contributed by atoms with E-state index in [4.69, 9.17) is 5.73 Å². The molecular formula is C24H25N5O. The van der Waals surface area contributed by atoms with Gasteiger partial charge in [0.25, 0.3) is 0 Å². The van der Waals surface area contributed by atoms with Crippen LogP contribution in [0.15, 0.2) is 60.3 Å². The lowest BCUT2D eigenvalue weighted by Crippen LogP contribution is -2.46. The average molecular weight is 399 g/mol. The molecule has 0 atom stereocenters. The third-order valence-corrected chi connectivity index (χ3v) is 5.97. The van der Waals surface area contributed by atoms with Crippen molar-refractivity contribution in [3.05, 3.63) is 77.2 Å². The Labute approximate surface area is 176 Å². The molecule has 1 saturated heterocycles. The van der Waals surface area contributed by atoms with Gasteiger partial charge < -0.3 is 15.5 Å². The number of fused-ring (bicyclic) bond motifs is 1. The lowest BCUT2D eigenvalue weighted by Gasteiger charge is -2.38. The van der Waals surface area contributed by atoms with Crippen molar-refractivity contribution >= 4 is 17.7 Å². The first-order valence-corrected chi connectivity index (χ1v) is 10.3. The number of nitrogens with two attached hydrogens (primary N) is 1. The molecule has 0 aliphatic carbocycles. The second-order valence-corrected chi connectivity index (χ2v) is 7.94. The number of hydrogen-bond donors (Lipinski definition) is 1. The van der Waals surface area contributed by atoms with E-state index in [1.165, 1.54) is 22.6 Å². The SMILES string of the molecule is Cc1cc2n(n1)CC(N1CCN(c3ccccc3-c3ccc(C(N)=O)cc3)CC1)=C2. The largest absolute Gasteiger partial charge is 0.370 e. The highest BCUT2D eigenvalue weighted by Crippen LogP contribution is 2.32. The van der Waals surface area contributed by atoms with Crippen LogP contribution in [0, 0.1) is 6.92 Å². The molecule has 1 fully saturated rings. The summed E-state index contributed by atoms with van der Waals surface area (Å²) in [5.41, 5.74) is 13.0. The van der Waals surface area contributed by atoms with Gasteiger partial charge in [-0.05, 0) is 42.8 Å². The van der Waals surface area contributed by atoms with Crippen LogP contribution in [0.4, 0.5) is 5.69 Å². The zero-order valence-corrected chi connectivity index (χ0v) is 17.1. The summed E-state index contributed by atoms with van der Waals surface area (Å²) in [6.07, 6.45) is 2.27. The molecule has 30 heavy (non-hydrogen) atoms. The fourth-order valence-electron chi connectivity index (χ4n) is 4.41. The number of hydrogen-bond acceptors (Lipinski definition) is 4. The molecule has 2 aliphatic rings. The Hall–Kier alpha value is -3.54. The van der Waals surface area contributed by atoms with Gasteiger partial charge in [-0.2, -0.15) is 5.10 Å². The van der Waals surface area contributed by atoms with E-state index in [-0.39, 0.29) is 0 Å². The third-order valence-electron chi connectivity index (χ3n) is 5.97. The third kappa shape index (κ3) is 3.34. The molecule has 2 N–H and O–H groups in total. The fraction of sp³-hybridized carbons (Fsp3) is 0.250. The number of anilines is 1. The lowest BCUT2D eigenvalue weighted by molar-refractivity contribution is 0.100. The second-order valence-electron chi connectivity index (χ2n) is 7.94. The van der Waals surface area contributed by atoms with Crippen molar-refractivity contribution in [3.8, 4) is 11.1 Å². The molecule has 3 heterocycles. The summed E-state index contributed by atoms with van der Waals surface area (Å²) < 4.78 is 2.09. The Balaban J connectivity index is 1.32. The van der Waals surface area contributed by atoms with Crippen molar-refractivity contribution in [2.45, 2.75) is 13.5 Å². The van der Waals surface area contributed by atoms with Gasteiger partial charge >= 0.3 is 0 Å². The van der Waals surface area contributed by atoms with Crippen LogP contribution < -0.4 is 10.6 Å². The van der Waals surface area contributed by atoms with Crippen molar-refractivity contribution in [1.29, 1.82) is 0 Å². The van der Waals surface area contributed by atoms with E-state index in [0.29, 0.717) is 5.56 Å². The number of allylic oxidation sites excluding steroid dienone is 1. The molecule has 0 saturated carbocycles. The molecule has 1 aromatic heterocycles. The number of aromatic nitrogens is 2. The number of carbonyl (C=O) groups excluding carboxylic acids is 1. The normalized spacial score (nSPS) is 15.8. The average Bonchev–Trinajstić information content (AvgIpc) is 3.31. The summed E-state index contributed by atoms with van der Waals surface area (Å²) in [4.78, 5) is 16.3. The zero-order chi connectivity index (χ0) is 20.7. The van der Waals surface area contributed by atoms with Crippen LogP contribution in [0.5, 0.6) is 0 Å². The van der Waals surface area contributed by atoms with Crippen molar-refractivity contribution in [3.63, 3.8) is 0 Å². The number of rotatable bonds is 4. The van der Waals surface area contributed by atoms with E-state index in [9.17, 15) is 4.79 Å². The number of amides is 1. The summed E-state index contributed by atoms with van der Waals surface area (Å²) in [5.74, 6) is -0.399. The Kier molecular flexibility index (Phi) is 4.54. The molecule has 1 amide bonds. The molecule has 6 heteroatoms. The van der Waals surface area contributed by atoms with Crippen LogP contribution in [0.25, 0.3) is 17.2 Å². The predicted octanol–water partition coefficient (Wildman–Crippen LogP) is 3.13. The summed E-state index contributed by atoms with van der Waals surface area (Å²) in [6.45, 7) is 6.82. The minimum absolute atomic E-state index is 0.399. The summed E-state index contributed by atoms with van der Waals surface area (Å²) in [5, 5.41) is 4.56. The molecule has 5 rings (SSSR count). The van der Waals surface area contributed by atoms with Gasteiger partial charge in [-0.3, -0.25) is 9.48 Å². The molecule has 0 unspecified atom stereocenters. The Morgan fingerprint density at radius 3 is 2.37 bits per heavy atom. The van der Waals surface area contributed by atoms with Gasteiger partial charge in [0.15, 0.2) is 0 Å². The molecule has 0 spiro atoms. The van der Waals surface area contributed by atoms with Gasteiger partial charge in [0.1, 0.15) is 0 Å². The van der Waals surface area contributed by atoms with Crippen LogP contribution in [0.2, 0.25) is 0 Å². The van der Waals surface area contributed by atoms with Crippen LogP contribution in [-0.2, 0) is 6.54 Å².